The summed E-state index contributed by atoms with van der Waals surface area (Å²) in [6, 6.07) is 8.82. The quantitative estimate of drug-likeness (QED) is 0.804. The van der Waals surface area contributed by atoms with E-state index in [-0.39, 0.29) is 5.97 Å². The summed E-state index contributed by atoms with van der Waals surface area (Å²) >= 11 is 1.47. The van der Waals surface area contributed by atoms with Crippen molar-refractivity contribution in [1.82, 2.24) is 0 Å². The first-order valence-corrected chi connectivity index (χ1v) is 7.36. The fourth-order valence-corrected chi connectivity index (χ4v) is 2.54. The van der Waals surface area contributed by atoms with Crippen LogP contribution in [0.2, 0.25) is 0 Å². The molecule has 5 nitrogen and oxygen atoms in total. The number of thiophene rings is 1. The third-order valence-electron chi connectivity index (χ3n) is 2.80. The van der Waals surface area contributed by atoms with E-state index in [1.54, 1.807) is 30.5 Å². The molecular weight excluding hydrogens is 288 g/mol. The molecule has 0 spiro atoms. The van der Waals surface area contributed by atoms with Crippen molar-refractivity contribution in [1.29, 1.82) is 0 Å². The van der Waals surface area contributed by atoms with Gasteiger partial charge < -0.3 is 15.8 Å². The second kappa shape index (κ2) is 6.90. The number of amides is 1. The molecule has 1 heterocycles. The minimum absolute atomic E-state index is 0.326. The smallest absolute Gasteiger partial charge is 0.338 e. The van der Waals surface area contributed by atoms with Gasteiger partial charge in [0.05, 0.1) is 17.7 Å². The Labute approximate surface area is 126 Å². The van der Waals surface area contributed by atoms with E-state index in [4.69, 9.17) is 10.5 Å². The monoisotopic (exact) mass is 304 g/mol. The van der Waals surface area contributed by atoms with Crippen molar-refractivity contribution < 1.29 is 14.3 Å². The van der Waals surface area contributed by atoms with Gasteiger partial charge in [0.25, 0.3) is 0 Å². The van der Waals surface area contributed by atoms with Gasteiger partial charge in [0.2, 0.25) is 5.91 Å². The predicted molar refractivity (Wildman–Crippen MR) is 82.6 cm³/mol. The molecular formula is C15H16N2O3S. The Morgan fingerprint density at radius 1 is 1.24 bits per heavy atom. The maximum Gasteiger partial charge on any atom is 0.338 e. The van der Waals surface area contributed by atoms with E-state index < -0.39 is 5.91 Å². The zero-order chi connectivity index (χ0) is 15.2. The van der Waals surface area contributed by atoms with Crippen LogP contribution in [-0.2, 0) is 11.3 Å². The van der Waals surface area contributed by atoms with Crippen molar-refractivity contribution in [2.45, 2.75) is 13.5 Å². The van der Waals surface area contributed by atoms with Gasteiger partial charge in [0, 0.05) is 22.5 Å². The number of rotatable bonds is 6. The summed E-state index contributed by atoms with van der Waals surface area (Å²) in [5.74, 6) is -0.746. The van der Waals surface area contributed by atoms with Crippen molar-refractivity contribution in [3.05, 3.63) is 51.7 Å². The average molecular weight is 304 g/mol. The molecule has 3 N–H and O–H groups in total. The predicted octanol–water partition coefficient (Wildman–Crippen LogP) is 2.64. The molecule has 0 fully saturated rings. The Morgan fingerprint density at radius 2 is 1.95 bits per heavy atom. The number of ether oxygens (including phenoxy) is 1. The van der Waals surface area contributed by atoms with Crippen molar-refractivity contribution >= 4 is 28.9 Å². The Hall–Kier alpha value is -2.34. The summed E-state index contributed by atoms with van der Waals surface area (Å²) < 4.78 is 4.92. The molecule has 2 rings (SSSR count). The molecule has 1 aromatic carbocycles. The fraction of sp³-hybridized carbons (Fsp3) is 0.200. The van der Waals surface area contributed by atoms with Crippen LogP contribution in [0.15, 0.2) is 35.7 Å². The molecule has 0 radical (unpaired) electrons. The standard InChI is InChI=1S/C15H16N2O3S/c1-2-20-15(19)10-3-5-12(6-4-10)17-8-13-7-11(9-21-13)14(16)18/h3-7,9,17H,2,8H2,1H3,(H2,16,18). The molecule has 110 valence electrons. The van der Waals surface area contributed by atoms with Crippen LogP contribution in [0.5, 0.6) is 0 Å². The van der Waals surface area contributed by atoms with Crippen molar-refractivity contribution in [2.24, 2.45) is 5.73 Å². The molecule has 0 aliphatic heterocycles. The number of carbonyl (C=O) groups excluding carboxylic acids is 2. The summed E-state index contributed by atoms with van der Waals surface area (Å²) in [6.07, 6.45) is 0. The molecule has 0 bridgehead atoms. The van der Waals surface area contributed by atoms with Crippen molar-refractivity contribution in [2.75, 3.05) is 11.9 Å². The number of benzene rings is 1. The first-order chi connectivity index (χ1) is 10.1. The Balaban J connectivity index is 1.94. The molecule has 0 saturated heterocycles. The normalized spacial score (nSPS) is 10.1. The second-order valence-electron chi connectivity index (χ2n) is 4.32. The van der Waals surface area contributed by atoms with E-state index in [9.17, 15) is 9.59 Å². The van der Waals surface area contributed by atoms with Crippen LogP contribution in [0.1, 0.15) is 32.5 Å². The van der Waals surface area contributed by atoms with Gasteiger partial charge in [-0.3, -0.25) is 4.79 Å². The lowest BCUT2D eigenvalue weighted by atomic mass is 10.2. The highest BCUT2D eigenvalue weighted by molar-refractivity contribution is 7.10. The number of carbonyl (C=O) groups is 2. The molecule has 0 atom stereocenters. The SMILES string of the molecule is CCOC(=O)c1ccc(NCc2cc(C(N)=O)cs2)cc1. The third kappa shape index (κ3) is 4.06. The van der Waals surface area contributed by atoms with Crippen LogP contribution in [0.4, 0.5) is 5.69 Å². The van der Waals surface area contributed by atoms with Crippen LogP contribution in [0.25, 0.3) is 0 Å². The first-order valence-electron chi connectivity index (χ1n) is 6.48. The zero-order valence-corrected chi connectivity index (χ0v) is 12.4. The van der Waals surface area contributed by atoms with Crippen LogP contribution in [-0.4, -0.2) is 18.5 Å². The van der Waals surface area contributed by atoms with E-state index in [2.05, 4.69) is 5.32 Å². The van der Waals surface area contributed by atoms with Gasteiger partial charge in [-0.2, -0.15) is 0 Å². The largest absolute Gasteiger partial charge is 0.462 e. The number of anilines is 1. The van der Waals surface area contributed by atoms with Crippen LogP contribution in [0, 0.1) is 0 Å². The highest BCUT2D eigenvalue weighted by atomic mass is 32.1. The highest BCUT2D eigenvalue weighted by Gasteiger charge is 2.06. The number of nitrogens with one attached hydrogen (secondary N) is 1. The maximum absolute atomic E-state index is 11.5. The van der Waals surface area contributed by atoms with E-state index in [1.165, 1.54) is 11.3 Å². The molecule has 1 aromatic heterocycles. The van der Waals surface area contributed by atoms with Crippen molar-refractivity contribution in [3.8, 4) is 0 Å². The highest BCUT2D eigenvalue weighted by Crippen LogP contribution is 2.17. The number of esters is 1. The Kier molecular flexibility index (Phi) is 4.94. The minimum Gasteiger partial charge on any atom is -0.462 e. The summed E-state index contributed by atoms with van der Waals surface area (Å²) in [6.45, 7) is 2.73. The Bertz CT molecular complexity index is 635. The minimum atomic E-state index is -0.420. The number of primary amides is 1. The van der Waals surface area contributed by atoms with Crippen LogP contribution >= 0.6 is 11.3 Å². The summed E-state index contributed by atoms with van der Waals surface area (Å²) in [7, 11) is 0. The average Bonchev–Trinajstić information content (AvgIpc) is 2.95. The molecule has 0 saturated carbocycles. The summed E-state index contributed by atoms with van der Waals surface area (Å²) in [5.41, 5.74) is 7.14. The van der Waals surface area contributed by atoms with Crippen LogP contribution in [0.3, 0.4) is 0 Å². The van der Waals surface area contributed by atoms with E-state index in [0.29, 0.717) is 24.3 Å². The summed E-state index contributed by atoms with van der Waals surface area (Å²) in [4.78, 5) is 23.5. The van der Waals surface area contributed by atoms with Gasteiger partial charge in [0.1, 0.15) is 0 Å². The third-order valence-corrected chi connectivity index (χ3v) is 3.74. The zero-order valence-electron chi connectivity index (χ0n) is 11.6. The lowest BCUT2D eigenvalue weighted by molar-refractivity contribution is 0.0526. The molecule has 0 unspecified atom stereocenters. The van der Waals surface area contributed by atoms with E-state index in [1.807, 2.05) is 12.1 Å². The Morgan fingerprint density at radius 3 is 2.52 bits per heavy atom. The van der Waals surface area contributed by atoms with Crippen molar-refractivity contribution in [3.63, 3.8) is 0 Å². The topological polar surface area (TPSA) is 81.4 Å². The van der Waals surface area contributed by atoms with Gasteiger partial charge in [-0.05, 0) is 37.3 Å². The van der Waals surface area contributed by atoms with Crippen LogP contribution < -0.4 is 11.1 Å². The van der Waals surface area contributed by atoms with Gasteiger partial charge in [-0.25, -0.2) is 4.79 Å². The molecule has 6 heteroatoms. The molecule has 2 aromatic rings. The number of hydrogen-bond acceptors (Lipinski definition) is 5. The number of nitrogens with two attached hydrogens (primary N) is 1. The summed E-state index contributed by atoms with van der Waals surface area (Å²) in [5, 5.41) is 4.96. The lowest BCUT2D eigenvalue weighted by Crippen LogP contribution is -2.09. The van der Waals surface area contributed by atoms with Gasteiger partial charge in [-0.1, -0.05) is 0 Å². The molecule has 21 heavy (non-hydrogen) atoms. The molecule has 0 aliphatic rings. The van der Waals surface area contributed by atoms with Gasteiger partial charge in [-0.15, -0.1) is 11.3 Å². The molecule has 1 amide bonds. The second-order valence-corrected chi connectivity index (χ2v) is 5.31. The van der Waals surface area contributed by atoms with Gasteiger partial charge in [0.15, 0.2) is 0 Å². The number of hydrogen-bond donors (Lipinski definition) is 2. The molecule has 0 aliphatic carbocycles. The maximum atomic E-state index is 11.5. The lowest BCUT2D eigenvalue weighted by Gasteiger charge is -2.06. The van der Waals surface area contributed by atoms with E-state index in [0.717, 1.165) is 10.6 Å². The van der Waals surface area contributed by atoms with Gasteiger partial charge >= 0.3 is 5.97 Å². The first kappa shape index (κ1) is 15.1. The fourth-order valence-electron chi connectivity index (χ4n) is 1.73. The van der Waals surface area contributed by atoms with E-state index >= 15 is 0 Å².